The minimum absolute atomic E-state index is 0.0604. The number of thiazole rings is 1. The fourth-order valence-corrected chi connectivity index (χ4v) is 4.98. The molecule has 1 atom stereocenters. The highest BCUT2D eigenvalue weighted by Gasteiger charge is 2.43. The summed E-state index contributed by atoms with van der Waals surface area (Å²) in [6, 6.07) is 4.36. The molecule has 4 N–H and O–H groups in total. The smallest absolute Gasteiger partial charge is 0.418 e. The first-order valence-electron chi connectivity index (χ1n) is 13.2. The average Bonchev–Trinajstić information content (AvgIpc) is 3.49. The molecule has 0 saturated heterocycles. The van der Waals surface area contributed by atoms with Crippen LogP contribution in [0, 0.1) is 18.6 Å². The zero-order valence-corrected chi connectivity index (χ0v) is 24.5. The number of benzene rings is 2. The standard InChI is InChI=1S/C28H22F5N7O5S/c1-12-6-7-14(23(42)39-26-34-8-9-46-26)21(45-24(43)28(31,32)33)18(12)19-15-11-36-27(44)40(20-16(29)4-3-5-17(20)30)22(15)38-25(37-19)35-10-13(2)41/h3-9,13,41H,10-11H2,1-2H3,(H,36,44)(H,34,39,42)(H,35,37,38)/t13-/m1/s1. The Kier molecular flexibility index (Phi) is 8.84. The number of amides is 3. The molecule has 240 valence electrons. The molecule has 0 spiro atoms. The van der Waals surface area contributed by atoms with Crippen molar-refractivity contribution in [3.05, 3.63) is 70.2 Å². The molecule has 3 heterocycles. The van der Waals surface area contributed by atoms with Crippen molar-refractivity contribution in [2.24, 2.45) is 0 Å². The molecule has 12 nitrogen and oxygen atoms in total. The number of hydrogen-bond acceptors (Lipinski definition) is 10. The Bertz CT molecular complexity index is 1820. The molecule has 5 rings (SSSR count). The second kappa shape index (κ2) is 12.6. The number of ether oxygens (including phenoxy) is 1. The van der Waals surface area contributed by atoms with Gasteiger partial charge in [0, 0.05) is 29.2 Å². The first-order chi connectivity index (χ1) is 21.8. The van der Waals surface area contributed by atoms with Crippen molar-refractivity contribution in [2.75, 3.05) is 22.1 Å². The molecule has 0 fully saturated rings. The number of aryl methyl sites for hydroxylation is 1. The first-order valence-corrected chi connectivity index (χ1v) is 14.1. The number of para-hydroxylation sites is 1. The largest absolute Gasteiger partial charge is 0.491 e. The zero-order valence-electron chi connectivity index (χ0n) is 23.7. The minimum Gasteiger partial charge on any atom is -0.418 e. The SMILES string of the molecule is Cc1ccc(C(=O)Nc2nccs2)c(OC(=O)C(F)(F)F)c1-c1nc(NC[C@@H](C)O)nc2c1CNC(=O)N2c1c(F)cccc1F. The fourth-order valence-electron chi connectivity index (χ4n) is 4.45. The number of esters is 1. The summed E-state index contributed by atoms with van der Waals surface area (Å²) >= 11 is 1.02. The summed E-state index contributed by atoms with van der Waals surface area (Å²) in [7, 11) is 0. The number of nitrogens with one attached hydrogen (secondary N) is 3. The van der Waals surface area contributed by atoms with Gasteiger partial charge in [-0.2, -0.15) is 18.2 Å². The lowest BCUT2D eigenvalue weighted by atomic mass is 9.96. The third-order valence-electron chi connectivity index (χ3n) is 6.46. The van der Waals surface area contributed by atoms with E-state index in [4.69, 9.17) is 4.74 Å². The van der Waals surface area contributed by atoms with Gasteiger partial charge in [0.1, 0.15) is 17.3 Å². The van der Waals surface area contributed by atoms with E-state index in [0.29, 0.717) is 4.90 Å². The molecule has 3 amide bonds. The van der Waals surface area contributed by atoms with Gasteiger partial charge in [0.05, 0.1) is 23.9 Å². The number of fused-ring (bicyclic) bond motifs is 1. The van der Waals surface area contributed by atoms with Gasteiger partial charge in [-0.1, -0.05) is 12.1 Å². The van der Waals surface area contributed by atoms with Crippen LogP contribution in [0.5, 0.6) is 5.75 Å². The van der Waals surface area contributed by atoms with Crippen molar-refractivity contribution in [1.29, 1.82) is 0 Å². The molecule has 0 bridgehead atoms. The van der Waals surface area contributed by atoms with Gasteiger partial charge in [0.15, 0.2) is 16.7 Å². The molecule has 2 aromatic heterocycles. The highest BCUT2D eigenvalue weighted by molar-refractivity contribution is 7.13. The van der Waals surface area contributed by atoms with E-state index in [-0.39, 0.29) is 45.8 Å². The Morgan fingerprint density at radius 2 is 1.89 bits per heavy atom. The zero-order chi connectivity index (χ0) is 33.3. The second-order valence-corrected chi connectivity index (χ2v) is 10.7. The van der Waals surface area contributed by atoms with E-state index in [0.717, 1.165) is 35.6 Å². The molecule has 0 radical (unpaired) electrons. The van der Waals surface area contributed by atoms with Crippen LogP contribution >= 0.6 is 11.3 Å². The summed E-state index contributed by atoms with van der Waals surface area (Å²) in [5.74, 6) is -7.47. The number of halogens is 5. The van der Waals surface area contributed by atoms with E-state index in [1.165, 1.54) is 31.5 Å². The monoisotopic (exact) mass is 663 g/mol. The number of anilines is 4. The highest BCUT2D eigenvalue weighted by Crippen LogP contribution is 2.44. The molecule has 0 saturated carbocycles. The van der Waals surface area contributed by atoms with Crippen molar-refractivity contribution < 1.29 is 46.2 Å². The number of carbonyl (C=O) groups is 3. The lowest BCUT2D eigenvalue weighted by molar-refractivity contribution is -0.189. The normalized spacial score (nSPS) is 13.5. The van der Waals surface area contributed by atoms with Crippen LogP contribution in [0.4, 0.5) is 49.3 Å². The number of hydrogen-bond donors (Lipinski definition) is 4. The van der Waals surface area contributed by atoms with Gasteiger partial charge in [-0.25, -0.2) is 33.2 Å². The molecule has 0 aliphatic carbocycles. The van der Waals surface area contributed by atoms with Crippen molar-refractivity contribution in [3.8, 4) is 17.0 Å². The molecular formula is C28H22F5N7O5S. The lowest BCUT2D eigenvalue weighted by Gasteiger charge is -2.31. The number of aliphatic hydroxyl groups excluding tert-OH is 1. The molecule has 2 aromatic carbocycles. The lowest BCUT2D eigenvalue weighted by Crippen LogP contribution is -2.43. The summed E-state index contributed by atoms with van der Waals surface area (Å²) in [4.78, 5) is 51.7. The predicted molar refractivity (Wildman–Crippen MR) is 155 cm³/mol. The van der Waals surface area contributed by atoms with Crippen LogP contribution in [0.3, 0.4) is 0 Å². The maximum Gasteiger partial charge on any atom is 0.491 e. The number of aromatic nitrogens is 3. The third kappa shape index (κ3) is 6.43. The highest BCUT2D eigenvalue weighted by atomic mass is 32.1. The maximum atomic E-state index is 15.0. The summed E-state index contributed by atoms with van der Waals surface area (Å²) in [6.45, 7) is 2.29. The molecule has 4 aromatic rings. The minimum atomic E-state index is -5.48. The van der Waals surface area contributed by atoms with Gasteiger partial charge in [0.2, 0.25) is 5.95 Å². The number of aliphatic hydroxyl groups is 1. The topological polar surface area (TPSA) is 159 Å². The Hall–Kier alpha value is -5.23. The van der Waals surface area contributed by atoms with Crippen LogP contribution in [0.25, 0.3) is 11.3 Å². The van der Waals surface area contributed by atoms with Crippen molar-refractivity contribution >= 4 is 51.8 Å². The summed E-state index contributed by atoms with van der Waals surface area (Å²) < 4.78 is 75.4. The summed E-state index contributed by atoms with van der Waals surface area (Å²) in [6.07, 6.45) is -5.07. The number of rotatable bonds is 8. The molecule has 0 unspecified atom stereocenters. The van der Waals surface area contributed by atoms with E-state index >= 15 is 0 Å². The number of alkyl halides is 3. The van der Waals surface area contributed by atoms with Crippen LogP contribution in [0.15, 0.2) is 41.9 Å². The maximum absolute atomic E-state index is 15.0. The van der Waals surface area contributed by atoms with Gasteiger partial charge in [-0.3, -0.25) is 10.1 Å². The number of urea groups is 1. The number of carbonyl (C=O) groups excluding carboxylic acids is 3. The molecule has 1 aliphatic heterocycles. The Balaban J connectivity index is 1.80. The predicted octanol–water partition coefficient (Wildman–Crippen LogP) is 5.06. The summed E-state index contributed by atoms with van der Waals surface area (Å²) in [5, 5.41) is 19.0. The van der Waals surface area contributed by atoms with E-state index in [1.54, 1.807) is 0 Å². The molecular weight excluding hydrogens is 641 g/mol. The van der Waals surface area contributed by atoms with Gasteiger partial charge in [0.25, 0.3) is 5.91 Å². The Morgan fingerprint density at radius 1 is 1.17 bits per heavy atom. The molecule has 1 aliphatic rings. The van der Waals surface area contributed by atoms with Crippen LogP contribution < -0.4 is 25.6 Å². The van der Waals surface area contributed by atoms with Crippen molar-refractivity contribution in [3.63, 3.8) is 0 Å². The Labute approximate surface area is 260 Å². The van der Waals surface area contributed by atoms with Crippen molar-refractivity contribution in [1.82, 2.24) is 20.3 Å². The summed E-state index contributed by atoms with van der Waals surface area (Å²) in [5.41, 5.74) is -1.80. The fraction of sp³-hybridized carbons (Fsp3) is 0.214. The van der Waals surface area contributed by atoms with E-state index in [2.05, 4.69) is 30.9 Å². The van der Waals surface area contributed by atoms with Crippen LogP contribution in [-0.2, 0) is 11.3 Å². The Morgan fingerprint density at radius 3 is 2.52 bits per heavy atom. The van der Waals surface area contributed by atoms with Crippen molar-refractivity contribution in [2.45, 2.75) is 32.7 Å². The van der Waals surface area contributed by atoms with E-state index < -0.39 is 65.4 Å². The third-order valence-corrected chi connectivity index (χ3v) is 7.15. The van der Waals surface area contributed by atoms with Gasteiger partial charge >= 0.3 is 18.2 Å². The second-order valence-electron chi connectivity index (χ2n) is 9.81. The van der Waals surface area contributed by atoms with Crippen LogP contribution in [0.2, 0.25) is 0 Å². The van der Waals surface area contributed by atoms with Gasteiger partial charge < -0.3 is 20.5 Å². The first kappa shape index (κ1) is 32.2. The van der Waals surface area contributed by atoms with Crippen LogP contribution in [0.1, 0.15) is 28.4 Å². The van der Waals surface area contributed by atoms with Gasteiger partial charge in [-0.15, -0.1) is 11.3 Å². The average molecular weight is 664 g/mol. The van der Waals surface area contributed by atoms with E-state index in [9.17, 15) is 41.4 Å². The molecule has 46 heavy (non-hydrogen) atoms. The quantitative estimate of drug-likeness (QED) is 0.115. The number of nitrogens with zero attached hydrogens (tertiary/aromatic N) is 4. The van der Waals surface area contributed by atoms with Crippen LogP contribution in [-0.4, -0.2) is 56.8 Å². The van der Waals surface area contributed by atoms with Gasteiger partial charge in [-0.05, 0) is 37.6 Å². The molecule has 18 heteroatoms. The van der Waals surface area contributed by atoms with E-state index in [1.807, 2.05) is 0 Å².